The topological polar surface area (TPSA) is 21.9 Å². The van der Waals surface area contributed by atoms with Crippen molar-refractivity contribution in [1.82, 2.24) is 5.32 Å². The summed E-state index contributed by atoms with van der Waals surface area (Å²) >= 11 is 5.69. The minimum Gasteiger partial charge on any atom is -0.307 e. The highest BCUT2D eigenvalue weighted by atomic mass is 35.5. The zero-order valence-corrected chi connectivity index (χ0v) is 6.53. The third-order valence-corrected chi connectivity index (χ3v) is 1.98. The Morgan fingerprint density at radius 3 is 2.91 bits per heavy atom. The van der Waals surface area contributed by atoms with E-state index in [4.69, 9.17) is 11.6 Å². The Balaban J connectivity index is 2.42. The monoisotopic (exact) mass is 171 g/mol. The van der Waals surface area contributed by atoms with Crippen LogP contribution >= 0.6 is 11.6 Å². The van der Waals surface area contributed by atoms with Crippen LogP contribution in [-0.2, 0) is 0 Å². The lowest BCUT2D eigenvalue weighted by Gasteiger charge is -1.98. The molecule has 58 valence electrons. The van der Waals surface area contributed by atoms with Gasteiger partial charge in [-0.1, -0.05) is 11.6 Å². The van der Waals surface area contributed by atoms with Gasteiger partial charge in [0.25, 0.3) is 0 Å². The third-order valence-electron chi connectivity index (χ3n) is 1.74. The van der Waals surface area contributed by atoms with E-state index in [0.29, 0.717) is 10.6 Å². The number of nitrogens with one attached hydrogen (secondary N) is 1. The maximum Gasteiger partial charge on any atom is 0.128 e. The number of halogens is 2. The second-order valence-corrected chi connectivity index (χ2v) is 3.06. The Hall–Kier alpha value is -0.600. The highest BCUT2D eigenvalue weighted by Gasteiger charge is 2.25. The van der Waals surface area contributed by atoms with Gasteiger partial charge >= 0.3 is 0 Å². The molecule has 1 aromatic rings. The second kappa shape index (κ2) is 2.47. The van der Waals surface area contributed by atoms with Gasteiger partial charge in [0.15, 0.2) is 0 Å². The molecule has 1 atom stereocenters. The van der Waals surface area contributed by atoms with Crippen LogP contribution in [0.4, 0.5) is 4.39 Å². The average Bonchev–Trinajstić information content (AvgIpc) is 2.76. The van der Waals surface area contributed by atoms with Crippen molar-refractivity contribution in [2.75, 3.05) is 6.54 Å². The fraction of sp³-hybridized carbons (Fsp3) is 0.250. The Kier molecular flexibility index (Phi) is 1.59. The molecule has 3 heteroatoms. The summed E-state index contributed by atoms with van der Waals surface area (Å²) in [6.45, 7) is 0.858. The fourth-order valence-corrected chi connectivity index (χ4v) is 1.24. The first-order valence-corrected chi connectivity index (χ1v) is 3.83. The van der Waals surface area contributed by atoms with E-state index in [1.165, 1.54) is 6.07 Å². The zero-order valence-electron chi connectivity index (χ0n) is 5.77. The van der Waals surface area contributed by atoms with Gasteiger partial charge in [0.1, 0.15) is 5.82 Å². The number of hydrogen-bond donors (Lipinski definition) is 1. The Labute approximate surface area is 69.2 Å². The molecule has 1 heterocycles. The average molecular weight is 172 g/mol. The molecule has 1 nitrogen and oxygen atoms in total. The first-order chi connectivity index (χ1) is 5.27. The molecular formula is C8H7ClFN. The van der Waals surface area contributed by atoms with Crippen LogP contribution in [0.3, 0.4) is 0 Å². The summed E-state index contributed by atoms with van der Waals surface area (Å²) in [4.78, 5) is 0. The van der Waals surface area contributed by atoms with E-state index in [0.717, 1.165) is 6.54 Å². The minimum atomic E-state index is -0.176. The van der Waals surface area contributed by atoms with Gasteiger partial charge in [-0.2, -0.15) is 0 Å². The lowest BCUT2D eigenvalue weighted by Crippen LogP contribution is -1.89. The summed E-state index contributed by atoms with van der Waals surface area (Å²) in [5, 5.41) is 3.61. The maximum absolute atomic E-state index is 13.0. The Morgan fingerprint density at radius 1 is 1.55 bits per heavy atom. The predicted octanol–water partition coefficient (Wildman–Crippen LogP) is 2.12. The van der Waals surface area contributed by atoms with Gasteiger partial charge in [-0.3, -0.25) is 0 Å². The molecule has 0 aliphatic carbocycles. The van der Waals surface area contributed by atoms with Gasteiger partial charge < -0.3 is 5.32 Å². The van der Waals surface area contributed by atoms with Crippen LogP contribution in [-0.4, -0.2) is 6.54 Å². The molecule has 0 aromatic heterocycles. The van der Waals surface area contributed by atoms with Crippen LogP contribution in [0.15, 0.2) is 18.2 Å². The van der Waals surface area contributed by atoms with Gasteiger partial charge in [0.2, 0.25) is 0 Å². The quantitative estimate of drug-likeness (QED) is 0.643. The molecule has 0 saturated carbocycles. The molecule has 1 aliphatic heterocycles. The predicted molar refractivity (Wildman–Crippen MR) is 42.2 cm³/mol. The summed E-state index contributed by atoms with van der Waals surface area (Å²) < 4.78 is 13.0. The third kappa shape index (κ3) is 1.37. The van der Waals surface area contributed by atoms with E-state index >= 15 is 0 Å². The van der Waals surface area contributed by atoms with E-state index in [1.54, 1.807) is 12.1 Å². The van der Waals surface area contributed by atoms with E-state index in [9.17, 15) is 4.39 Å². The molecule has 1 unspecified atom stereocenters. The smallest absolute Gasteiger partial charge is 0.128 e. The van der Waals surface area contributed by atoms with Crippen LogP contribution in [0.2, 0.25) is 5.02 Å². The standard InChI is InChI=1S/C8H7ClFN/c9-5-1-2-7(10)6(3-5)8-4-11-8/h1-3,8,11H,4H2. The van der Waals surface area contributed by atoms with Crippen molar-refractivity contribution in [1.29, 1.82) is 0 Å². The van der Waals surface area contributed by atoms with Crippen LogP contribution in [0.25, 0.3) is 0 Å². The number of hydrogen-bond acceptors (Lipinski definition) is 1. The Bertz CT molecular complexity index is 283. The molecule has 0 radical (unpaired) electrons. The van der Waals surface area contributed by atoms with Crippen LogP contribution < -0.4 is 5.32 Å². The lowest BCUT2D eigenvalue weighted by atomic mass is 10.1. The van der Waals surface area contributed by atoms with Crippen molar-refractivity contribution in [3.05, 3.63) is 34.6 Å². The summed E-state index contributed by atoms with van der Waals surface area (Å²) in [6, 6.07) is 4.82. The van der Waals surface area contributed by atoms with Crippen molar-refractivity contribution in [3.8, 4) is 0 Å². The van der Waals surface area contributed by atoms with Crippen LogP contribution in [0.1, 0.15) is 11.6 Å². The molecule has 0 bridgehead atoms. The van der Waals surface area contributed by atoms with E-state index < -0.39 is 0 Å². The van der Waals surface area contributed by atoms with E-state index in [-0.39, 0.29) is 11.9 Å². The van der Waals surface area contributed by atoms with Gasteiger partial charge in [-0.25, -0.2) is 4.39 Å². The first-order valence-electron chi connectivity index (χ1n) is 3.46. The number of benzene rings is 1. The summed E-state index contributed by atoms with van der Waals surface area (Å²) in [6.07, 6.45) is 0. The maximum atomic E-state index is 13.0. The Morgan fingerprint density at radius 2 is 2.27 bits per heavy atom. The van der Waals surface area contributed by atoms with Crippen molar-refractivity contribution >= 4 is 11.6 Å². The molecular weight excluding hydrogens is 165 g/mol. The summed E-state index contributed by atoms with van der Waals surface area (Å²) in [5.74, 6) is -0.176. The van der Waals surface area contributed by atoms with Crippen molar-refractivity contribution in [2.24, 2.45) is 0 Å². The zero-order chi connectivity index (χ0) is 7.84. The first kappa shape index (κ1) is 7.07. The summed E-state index contributed by atoms with van der Waals surface area (Å²) in [5.41, 5.74) is 0.678. The van der Waals surface area contributed by atoms with Gasteiger partial charge in [0, 0.05) is 23.2 Å². The lowest BCUT2D eigenvalue weighted by molar-refractivity contribution is 0.610. The van der Waals surface area contributed by atoms with Gasteiger partial charge in [0.05, 0.1) is 0 Å². The molecule has 1 N–H and O–H groups in total. The second-order valence-electron chi connectivity index (χ2n) is 2.63. The summed E-state index contributed by atoms with van der Waals surface area (Å²) in [7, 11) is 0. The number of rotatable bonds is 1. The van der Waals surface area contributed by atoms with Crippen molar-refractivity contribution < 1.29 is 4.39 Å². The highest BCUT2D eigenvalue weighted by Crippen LogP contribution is 2.26. The SMILES string of the molecule is Fc1ccc(Cl)cc1C1CN1. The largest absolute Gasteiger partial charge is 0.307 e. The van der Waals surface area contributed by atoms with E-state index in [2.05, 4.69) is 5.32 Å². The molecule has 2 rings (SSSR count). The van der Waals surface area contributed by atoms with Gasteiger partial charge in [-0.15, -0.1) is 0 Å². The molecule has 1 aromatic carbocycles. The van der Waals surface area contributed by atoms with Crippen molar-refractivity contribution in [2.45, 2.75) is 6.04 Å². The minimum absolute atomic E-state index is 0.176. The molecule has 0 spiro atoms. The van der Waals surface area contributed by atoms with Crippen molar-refractivity contribution in [3.63, 3.8) is 0 Å². The normalized spacial score (nSPS) is 21.8. The van der Waals surface area contributed by atoms with Gasteiger partial charge in [-0.05, 0) is 18.2 Å². The van der Waals surface area contributed by atoms with E-state index in [1.807, 2.05) is 0 Å². The molecule has 11 heavy (non-hydrogen) atoms. The van der Waals surface area contributed by atoms with Crippen LogP contribution in [0, 0.1) is 5.82 Å². The van der Waals surface area contributed by atoms with Crippen LogP contribution in [0.5, 0.6) is 0 Å². The highest BCUT2D eigenvalue weighted by molar-refractivity contribution is 6.30. The molecule has 0 amide bonds. The molecule has 1 aliphatic rings. The molecule has 1 saturated heterocycles. The fourth-order valence-electron chi connectivity index (χ4n) is 1.06. The molecule has 1 fully saturated rings.